The smallest absolute Gasteiger partial charge is 0.142 e. The fraction of sp³-hybridized carbons (Fsp3) is 0.286. The van der Waals surface area contributed by atoms with Crippen molar-refractivity contribution in [2.75, 3.05) is 25.7 Å². The van der Waals surface area contributed by atoms with Crippen LogP contribution in [-0.4, -0.2) is 42.5 Å². The zero-order valence-corrected chi connectivity index (χ0v) is 17.6. The van der Waals surface area contributed by atoms with E-state index in [1.54, 1.807) is 38.6 Å². The zero-order chi connectivity index (χ0) is 20.2. The van der Waals surface area contributed by atoms with Gasteiger partial charge in [-0.2, -0.15) is 0 Å². The van der Waals surface area contributed by atoms with Crippen molar-refractivity contribution in [3.05, 3.63) is 47.0 Å². The van der Waals surface area contributed by atoms with E-state index in [0.29, 0.717) is 22.2 Å². The Morgan fingerprint density at radius 1 is 1.26 bits per heavy atom. The Bertz CT molecular complexity index is 1010. The highest BCUT2D eigenvalue weighted by molar-refractivity contribution is 7.99. The molecule has 0 saturated carbocycles. The van der Waals surface area contributed by atoms with Gasteiger partial charge in [-0.3, -0.25) is 9.20 Å². The van der Waals surface area contributed by atoms with Crippen molar-refractivity contribution in [3.8, 4) is 5.75 Å². The topological polar surface area (TPSA) is 63.0 Å². The van der Waals surface area contributed by atoms with Gasteiger partial charge >= 0.3 is 0 Å². The first-order valence-electron chi connectivity index (χ1n) is 8.52. The first-order chi connectivity index (χ1) is 12.7. The zero-order valence-electron chi connectivity index (χ0n) is 16.8. The van der Waals surface area contributed by atoms with Gasteiger partial charge in [0.25, 0.3) is 0 Å². The van der Waals surface area contributed by atoms with Crippen LogP contribution in [0.1, 0.15) is 23.6 Å². The van der Waals surface area contributed by atoms with Crippen LogP contribution in [-0.2, 0) is 9.52 Å². The minimum atomic E-state index is -2.32. The summed E-state index contributed by atoms with van der Waals surface area (Å²) in [5, 5.41) is 3.27. The van der Waals surface area contributed by atoms with Gasteiger partial charge in [-0.05, 0) is 71.1 Å². The molecular weight excluding hydrogens is 358 g/mol. The van der Waals surface area contributed by atoms with E-state index >= 15 is 0 Å². The van der Waals surface area contributed by atoms with Gasteiger partial charge in [0.05, 0.1) is 18.5 Å². The van der Waals surface area contributed by atoms with E-state index in [1.165, 1.54) is 0 Å². The fourth-order valence-electron chi connectivity index (χ4n) is 2.75. The first-order valence-corrected chi connectivity index (χ1v) is 10.7. The van der Waals surface area contributed by atoms with Crippen molar-refractivity contribution in [1.29, 1.82) is 0 Å². The summed E-state index contributed by atoms with van der Waals surface area (Å²) in [5.74, 6) is 5.10. The molecule has 0 fully saturated rings. The number of hydrogen-bond acceptors (Lipinski definition) is 4. The Hall–Kier alpha value is -2.60. The van der Waals surface area contributed by atoms with Crippen LogP contribution in [0.2, 0.25) is 0 Å². The van der Waals surface area contributed by atoms with E-state index in [1.807, 2.05) is 39.1 Å². The number of aryl methyl sites for hydroxylation is 1. The highest BCUT2D eigenvalue weighted by Crippen LogP contribution is 2.29. The van der Waals surface area contributed by atoms with Crippen LogP contribution in [0.15, 0.2) is 45.2 Å². The third kappa shape index (κ3) is 4.98. The van der Waals surface area contributed by atoms with Crippen LogP contribution in [0.4, 0.5) is 11.4 Å². The van der Waals surface area contributed by atoms with Crippen molar-refractivity contribution >= 4 is 38.8 Å². The molecule has 0 radical (unpaired) electrons. The van der Waals surface area contributed by atoms with Crippen molar-refractivity contribution in [2.45, 2.75) is 25.7 Å². The molecule has 144 valence electrons. The molecule has 2 aromatic carbocycles. The number of nitrogens with one attached hydrogen (secondary N) is 1. The summed E-state index contributed by atoms with van der Waals surface area (Å²) in [4.78, 5) is 9.53. The molecule has 0 aliphatic heterocycles. The lowest BCUT2D eigenvalue weighted by Gasteiger charge is -2.14. The van der Waals surface area contributed by atoms with E-state index < -0.39 is 9.52 Å². The van der Waals surface area contributed by atoms with Gasteiger partial charge in [0, 0.05) is 24.4 Å². The third-order valence-corrected chi connectivity index (χ3v) is 5.46. The number of rotatable bonds is 5. The largest absolute Gasteiger partial charge is 0.495 e. The SMILES string of the molecule is C=S(C)(=O)c1ccc(OC)c(NC(C)=Nc2c(C)ccc(C=NC)c2C)c1. The molecular formula is C21H27N3O2S. The van der Waals surface area contributed by atoms with Gasteiger partial charge in [0.1, 0.15) is 11.6 Å². The number of ether oxygens (including phenoxy) is 1. The molecule has 0 amide bonds. The Labute approximate surface area is 162 Å². The predicted molar refractivity (Wildman–Crippen MR) is 118 cm³/mol. The molecule has 0 spiro atoms. The molecule has 27 heavy (non-hydrogen) atoms. The van der Waals surface area contributed by atoms with Gasteiger partial charge in [0.15, 0.2) is 0 Å². The predicted octanol–water partition coefficient (Wildman–Crippen LogP) is 4.23. The van der Waals surface area contributed by atoms with Crippen molar-refractivity contribution in [3.63, 3.8) is 0 Å². The van der Waals surface area contributed by atoms with E-state index in [0.717, 1.165) is 22.4 Å². The molecule has 0 aliphatic carbocycles. The average molecular weight is 386 g/mol. The van der Waals surface area contributed by atoms with E-state index in [4.69, 9.17) is 9.73 Å². The number of aliphatic imine (C=N–C) groups is 2. The number of amidine groups is 1. The van der Waals surface area contributed by atoms with Crippen LogP contribution in [0.5, 0.6) is 5.75 Å². The third-order valence-electron chi connectivity index (χ3n) is 4.21. The number of nitrogens with zero attached hydrogens (tertiary/aromatic N) is 2. The molecule has 1 N–H and O–H groups in total. The molecule has 5 nitrogen and oxygen atoms in total. The van der Waals surface area contributed by atoms with Gasteiger partial charge in [0.2, 0.25) is 0 Å². The van der Waals surface area contributed by atoms with Crippen LogP contribution in [0, 0.1) is 13.8 Å². The Morgan fingerprint density at radius 3 is 2.56 bits per heavy atom. The summed E-state index contributed by atoms with van der Waals surface area (Å²) in [6, 6.07) is 9.43. The minimum absolute atomic E-state index is 0.650. The molecule has 0 heterocycles. The Kier molecular flexibility index (Phi) is 6.44. The second kappa shape index (κ2) is 8.39. The van der Waals surface area contributed by atoms with Crippen molar-refractivity contribution in [2.24, 2.45) is 9.98 Å². The molecule has 6 heteroatoms. The van der Waals surface area contributed by atoms with Crippen LogP contribution in [0.25, 0.3) is 0 Å². The summed E-state index contributed by atoms with van der Waals surface area (Å²) < 4.78 is 17.7. The molecule has 1 atom stereocenters. The number of anilines is 1. The molecule has 0 aliphatic rings. The minimum Gasteiger partial charge on any atom is -0.495 e. The fourth-order valence-corrected chi connectivity index (χ4v) is 3.47. The van der Waals surface area contributed by atoms with Crippen molar-refractivity contribution < 1.29 is 8.95 Å². The van der Waals surface area contributed by atoms with Crippen molar-refractivity contribution in [1.82, 2.24) is 0 Å². The molecule has 2 aromatic rings. The van der Waals surface area contributed by atoms with E-state index in [-0.39, 0.29) is 0 Å². The lowest BCUT2D eigenvalue weighted by Crippen LogP contribution is -2.09. The summed E-state index contributed by atoms with van der Waals surface area (Å²) in [7, 11) is 1.03. The number of hydrogen-bond donors (Lipinski definition) is 1. The quantitative estimate of drug-likeness (QED) is 0.476. The van der Waals surface area contributed by atoms with E-state index in [9.17, 15) is 4.21 Å². The lowest BCUT2D eigenvalue weighted by atomic mass is 10.0. The standard InChI is InChI=1S/C21H27N3O2S/c1-14-8-9-17(13-22-4)15(2)21(14)24-16(3)23-19-12-18(27(6,7)25)10-11-20(19)26-5/h8-13H,6H2,1-5,7H3,(H,23,24). The second-order valence-electron chi connectivity index (χ2n) is 6.52. The molecule has 0 bridgehead atoms. The molecule has 0 aromatic heterocycles. The van der Waals surface area contributed by atoms with Gasteiger partial charge in [-0.1, -0.05) is 12.1 Å². The normalized spacial score (nSPS) is 14.2. The van der Waals surface area contributed by atoms with Gasteiger partial charge in [-0.15, -0.1) is 0 Å². The number of methoxy groups -OCH3 is 1. The monoisotopic (exact) mass is 385 g/mol. The lowest BCUT2D eigenvalue weighted by molar-refractivity contribution is 0.416. The Balaban J connectivity index is 2.46. The average Bonchev–Trinajstić information content (AvgIpc) is 2.60. The van der Waals surface area contributed by atoms with Gasteiger partial charge in [-0.25, -0.2) is 4.99 Å². The molecule has 2 rings (SSSR count). The highest BCUT2D eigenvalue weighted by Gasteiger charge is 2.10. The number of benzene rings is 2. The first kappa shape index (κ1) is 20.7. The summed E-state index contributed by atoms with van der Waals surface area (Å²) in [5.41, 5.74) is 4.80. The second-order valence-corrected chi connectivity index (χ2v) is 9.00. The van der Waals surface area contributed by atoms with E-state index in [2.05, 4.69) is 16.2 Å². The Morgan fingerprint density at radius 2 is 1.96 bits per heavy atom. The van der Waals surface area contributed by atoms with Crippen LogP contribution in [0.3, 0.4) is 0 Å². The summed E-state index contributed by atoms with van der Waals surface area (Å²) in [6.45, 7) is 5.95. The van der Waals surface area contributed by atoms with Crippen LogP contribution >= 0.6 is 0 Å². The maximum Gasteiger partial charge on any atom is 0.142 e. The van der Waals surface area contributed by atoms with Gasteiger partial charge < -0.3 is 10.1 Å². The van der Waals surface area contributed by atoms with Crippen LogP contribution < -0.4 is 10.1 Å². The molecule has 1 unspecified atom stereocenters. The summed E-state index contributed by atoms with van der Waals surface area (Å²) in [6.07, 6.45) is 3.45. The molecule has 0 saturated heterocycles. The summed E-state index contributed by atoms with van der Waals surface area (Å²) >= 11 is 0. The maximum absolute atomic E-state index is 12.3. The maximum atomic E-state index is 12.3. The highest BCUT2D eigenvalue weighted by atomic mass is 32.2.